The van der Waals surface area contributed by atoms with Crippen LogP contribution in [0.1, 0.15) is 16.1 Å². The monoisotopic (exact) mass is 250 g/mol. The molecule has 1 aromatic carbocycles. The van der Waals surface area contributed by atoms with Crippen LogP contribution in [-0.4, -0.2) is 22.8 Å². The molecule has 0 spiro atoms. The molecule has 1 amide bonds. The molecule has 0 N–H and O–H groups in total. The Kier molecular flexibility index (Phi) is 3.49. The number of nitrogens with zero attached hydrogens (tertiary/aromatic N) is 2. The molecule has 2 aromatic rings. The van der Waals surface area contributed by atoms with E-state index in [0.717, 1.165) is 0 Å². The number of benzene rings is 1. The SMILES string of the molecule is CN(Cc1ccccc1F)C(=O)c1cscn1. The van der Waals surface area contributed by atoms with Gasteiger partial charge in [0.15, 0.2) is 0 Å². The van der Waals surface area contributed by atoms with E-state index in [4.69, 9.17) is 0 Å². The number of rotatable bonds is 3. The average Bonchev–Trinajstić information content (AvgIpc) is 2.84. The predicted octanol–water partition coefficient (Wildman–Crippen LogP) is 2.55. The van der Waals surface area contributed by atoms with Crippen molar-refractivity contribution in [1.29, 1.82) is 0 Å². The average molecular weight is 250 g/mol. The van der Waals surface area contributed by atoms with Gasteiger partial charge in [-0.05, 0) is 6.07 Å². The van der Waals surface area contributed by atoms with Crippen LogP contribution in [-0.2, 0) is 6.54 Å². The summed E-state index contributed by atoms with van der Waals surface area (Å²) in [7, 11) is 1.63. The lowest BCUT2D eigenvalue weighted by molar-refractivity contribution is 0.0779. The van der Waals surface area contributed by atoms with Crippen LogP contribution in [0.15, 0.2) is 35.2 Å². The van der Waals surface area contributed by atoms with Crippen molar-refractivity contribution in [3.8, 4) is 0 Å². The van der Waals surface area contributed by atoms with Crippen molar-refractivity contribution < 1.29 is 9.18 Å². The summed E-state index contributed by atoms with van der Waals surface area (Å²) in [6, 6.07) is 6.43. The smallest absolute Gasteiger partial charge is 0.273 e. The molecule has 17 heavy (non-hydrogen) atoms. The van der Waals surface area contributed by atoms with E-state index in [2.05, 4.69) is 4.98 Å². The second-order valence-electron chi connectivity index (χ2n) is 3.63. The quantitative estimate of drug-likeness (QED) is 0.838. The van der Waals surface area contributed by atoms with Gasteiger partial charge in [0.05, 0.1) is 5.51 Å². The van der Waals surface area contributed by atoms with E-state index in [0.29, 0.717) is 11.3 Å². The van der Waals surface area contributed by atoms with Crippen molar-refractivity contribution in [2.75, 3.05) is 7.05 Å². The lowest BCUT2D eigenvalue weighted by Gasteiger charge is -2.16. The highest BCUT2D eigenvalue weighted by molar-refractivity contribution is 7.07. The zero-order chi connectivity index (χ0) is 12.3. The van der Waals surface area contributed by atoms with Crippen LogP contribution in [0.3, 0.4) is 0 Å². The Labute approximate surface area is 103 Å². The zero-order valence-electron chi connectivity index (χ0n) is 9.26. The minimum absolute atomic E-state index is 0.200. The van der Waals surface area contributed by atoms with Crippen LogP contribution in [0.2, 0.25) is 0 Å². The highest BCUT2D eigenvalue weighted by Gasteiger charge is 2.14. The normalized spacial score (nSPS) is 10.2. The summed E-state index contributed by atoms with van der Waals surface area (Å²) in [5.74, 6) is -0.500. The van der Waals surface area contributed by atoms with Crippen LogP contribution >= 0.6 is 11.3 Å². The van der Waals surface area contributed by atoms with Gasteiger partial charge in [0.1, 0.15) is 11.5 Å². The van der Waals surface area contributed by atoms with Crippen molar-refractivity contribution in [2.45, 2.75) is 6.54 Å². The second-order valence-corrected chi connectivity index (χ2v) is 4.34. The van der Waals surface area contributed by atoms with E-state index in [9.17, 15) is 9.18 Å². The first-order chi connectivity index (χ1) is 8.18. The summed E-state index contributed by atoms with van der Waals surface area (Å²) in [5.41, 5.74) is 2.50. The molecule has 0 atom stereocenters. The first kappa shape index (κ1) is 11.7. The second kappa shape index (κ2) is 5.05. The third-order valence-electron chi connectivity index (χ3n) is 2.36. The molecule has 0 aliphatic rings. The van der Waals surface area contributed by atoms with Gasteiger partial charge in [0.2, 0.25) is 0 Å². The fourth-order valence-electron chi connectivity index (χ4n) is 1.47. The fraction of sp³-hybridized carbons (Fsp3) is 0.167. The number of hydrogen-bond donors (Lipinski definition) is 0. The summed E-state index contributed by atoms with van der Waals surface area (Å²) in [5, 5.41) is 1.68. The minimum Gasteiger partial charge on any atom is -0.336 e. The van der Waals surface area contributed by atoms with E-state index >= 15 is 0 Å². The van der Waals surface area contributed by atoms with E-state index in [1.54, 1.807) is 36.1 Å². The maximum atomic E-state index is 13.4. The van der Waals surface area contributed by atoms with E-state index < -0.39 is 0 Å². The van der Waals surface area contributed by atoms with Gasteiger partial charge < -0.3 is 4.90 Å². The molecule has 0 aliphatic heterocycles. The topological polar surface area (TPSA) is 33.2 Å². The van der Waals surface area contributed by atoms with Crippen molar-refractivity contribution in [2.24, 2.45) is 0 Å². The molecule has 2 rings (SSSR count). The Bertz CT molecular complexity index is 513. The van der Waals surface area contributed by atoms with Gasteiger partial charge in [-0.2, -0.15) is 0 Å². The molecule has 3 nitrogen and oxygen atoms in total. The van der Waals surface area contributed by atoms with Gasteiger partial charge in [-0.15, -0.1) is 11.3 Å². The molecule has 0 saturated carbocycles. The first-order valence-corrected chi connectivity index (χ1v) is 6.00. The third kappa shape index (κ3) is 2.68. The number of aromatic nitrogens is 1. The first-order valence-electron chi connectivity index (χ1n) is 5.05. The Morgan fingerprint density at radius 1 is 1.47 bits per heavy atom. The molecule has 0 fully saturated rings. The van der Waals surface area contributed by atoms with E-state index in [1.807, 2.05) is 0 Å². The van der Waals surface area contributed by atoms with Crippen LogP contribution in [0, 0.1) is 5.82 Å². The molecule has 0 radical (unpaired) electrons. The van der Waals surface area contributed by atoms with Crippen LogP contribution in [0.25, 0.3) is 0 Å². The van der Waals surface area contributed by atoms with Gasteiger partial charge in [0, 0.05) is 24.5 Å². The van der Waals surface area contributed by atoms with Crippen molar-refractivity contribution in [3.05, 3.63) is 52.2 Å². The number of thiazole rings is 1. The van der Waals surface area contributed by atoms with Crippen molar-refractivity contribution >= 4 is 17.2 Å². The number of amides is 1. The summed E-state index contributed by atoms with van der Waals surface area (Å²) in [4.78, 5) is 17.3. The number of carbonyl (C=O) groups excluding carboxylic acids is 1. The van der Waals surface area contributed by atoms with E-state index in [-0.39, 0.29) is 18.3 Å². The van der Waals surface area contributed by atoms with Gasteiger partial charge in [-0.3, -0.25) is 4.79 Å². The largest absolute Gasteiger partial charge is 0.336 e. The molecule has 88 valence electrons. The lowest BCUT2D eigenvalue weighted by Crippen LogP contribution is -2.26. The molecule has 1 aromatic heterocycles. The Balaban J connectivity index is 2.10. The molecule has 0 bridgehead atoms. The molecular weight excluding hydrogens is 239 g/mol. The van der Waals surface area contributed by atoms with Gasteiger partial charge in [0.25, 0.3) is 5.91 Å². The molecule has 0 unspecified atom stereocenters. The molecule has 5 heteroatoms. The Morgan fingerprint density at radius 3 is 2.88 bits per heavy atom. The van der Waals surface area contributed by atoms with Crippen LogP contribution < -0.4 is 0 Å². The van der Waals surface area contributed by atoms with Crippen LogP contribution in [0.4, 0.5) is 4.39 Å². The lowest BCUT2D eigenvalue weighted by atomic mass is 10.2. The number of carbonyl (C=O) groups is 1. The summed E-state index contributed by atoms with van der Waals surface area (Å²) < 4.78 is 13.4. The fourth-order valence-corrected chi connectivity index (χ4v) is 1.99. The highest BCUT2D eigenvalue weighted by atomic mass is 32.1. The summed E-state index contributed by atoms with van der Waals surface area (Å²) >= 11 is 1.36. The summed E-state index contributed by atoms with van der Waals surface area (Å²) in [6.45, 7) is 0.239. The molecule has 0 saturated heterocycles. The maximum absolute atomic E-state index is 13.4. The molecular formula is C12H11FN2OS. The highest BCUT2D eigenvalue weighted by Crippen LogP contribution is 2.11. The minimum atomic E-state index is -0.301. The summed E-state index contributed by atoms with van der Waals surface area (Å²) in [6.07, 6.45) is 0. The Morgan fingerprint density at radius 2 is 2.24 bits per heavy atom. The standard InChI is InChI=1S/C12H11FN2OS/c1-15(12(16)11-7-17-8-14-11)6-9-4-2-3-5-10(9)13/h2-5,7-8H,6H2,1H3. The van der Waals surface area contributed by atoms with Gasteiger partial charge in [-0.25, -0.2) is 9.37 Å². The zero-order valence-corrected chi connectivity index (χ0v) is 10.1. The van der Waals surface area contributed by atoms with Crippen molar-refractivity contribution in [1.82, 2.24) is 9.88 Å². The maximum Gasteiger partial charge on any atom is 0.273 e. The molecule has 1 heterocycles. The van der Waals surface area contributed by atoms with Crippen LogP contribution in [0.5, 0.6) is 0 Å². The van der Waals surface area contributed by atoms with Crippen molar-refractivity contribution in [3.63, 3.8) is 0 Å². The predicted molar refractivity (Wildman–Crippen MR) is 64.3 cm³/mol. The molecule has 0 aliphatic carbocycles. The van der Waals surface area contributed by atoms with Gasteiger partial charge in [-0.1, -0.05) is 18.2 Å². The van der Waals surface area contributed by atoms with Gasteiger partial charge >= 0.3 is 0 Å². The Hall–Kier alpha value is -1.75. The van der Waals surface area contributed by atoms with E-state index in [1.165, 1.54) is 22.3 Å². The third-order valence-corrected chi connectivity index (χ3v) is 2.95. The number of hydrogen-bond acceptors (Lipinski definition) is 3. The number of halogens is 1.